The molecular formula is C23H27Cl2N3O3S. The molecule has 172 valence electrons. The maximum absolute atomic E-state index is 13.0. The van der Waals surface area contributed by atoms with E-state index in [1.807, 2.05) is 6.07 Å². The molecule has 2 aromatic rings. The standard InChI is InChI=1S/C23H27Cl2N3O3S/c1-16(28-14-11-17-5-2-3-8-21(17)28)15-26-23(29)18-9-12-27(13-10-18)32(30,31)22-19(24)6-4-7-20(22)25/h2-8,16,18H,9-15H2,1H3,(H,26,29)/t16-/m1/s1. The van der Waals surface area contributed by atoms with E-state index in [0.29, 0.717) is 19.4 Å². The first-order valence-corrected chi connectivity index (χ1v) is 13.0. The molecule has 2 aromatic carbocycles. The van der Waals surface area contributed by atoms with E-state index in [1.54, 1.807) is 6.07 Å². The van der Waals surface area contributed by atoms with Gasteiger partial charge in [-0.25, -0.2) is 8.42 Å². The highest BCUT2D eigenvalue weighted by molar-refractivity contribution is 7.89. The summed E-state index contributed by atoms with van der Waals surface area (Å²) in [5, 5.41) is 3.29. The van der Waals surface area contributed by atoms with Gasteiger partial charge in [0.05, 0.1) is 10.0 Å². The van der Waals surface area contributed by atoms with Crippen molar-refractivity contribution in [1.82, 2.24) is 9.62 Å². The zero-order valence-corrected chi connectivity index (χ0v) is 20.3. The number of rotatable bonds is 6. The van der Waals surface area contributed by atoms with Crippen LogP contribution in [0.25, 0.3) is 0 Å². The predicted molar refractivity (Wildman–Crippen MR) is 128 cm³/mol. The molecule has 1 saturated heterocycles. The summed E-state index contributed by atoms with van der Waals surface area (Å²) in [5.74, 6) is -0.224. The van der Waals surface area contributed by atoms with Crippen molar-refractivity contribution in [2.24, 2.45) is 5.92 Å². The molecule has 2 aliphatic rings. The average molecular weight is 496 g/mol. The van der Waals surface area contributed by atoms with Crippen molar-refractivity contribution in [3.05, 3.63) is 58.1 Å². The minimum Gasteiger partial charge on any atom is -0.366 e. The van der Waals surface area contributed by atoms with E-state index in [-0.39, 0.29) is 45.9 Å². The Hall–Kier alpha value is -1.80. The van der Waals surface area contributed by atoms with Crippen LogP contribution in [0.15, 0.2) is 47.4 Å². The SMILES string of the molecule is C[C@H](CNC(=O)C1CCN(S(=O)(=O)c2c(Cl)cccc2Cl)CC1)N1CCc2ccccc21. The number of nitrogens with zero attached hydrogens (tertiary/aromatic N) is 2. The van der Waals surface area contributed by atoms with Crippen LogP contribution in [0.4, 0.5) is 5.69 Å². The molecule has 0 spiro atoms. The van der Waals surface area contributed by atoms with Crippen LogP contribution in [0.5, 0.6) is 0 Å². The third kappa shape index (κ3) is 4.62. The highest BCUT2D eigenvalue weighted by Gasteiger charge is 2.34. The van der Waals surface area contributed by atoms with Gasteiger partial charge in [-0.15, -0.1) is 0 Å². The molecule has 4 rings (SSSR count). The third-order valence-electron chi connectivity index (χ3n) is 6.37. The number of sulfonamides is 1. The van der Waals surface area contributed by atoms with Crippen LogP contribution in [0, 0.1) is 5.92 Å². The number of amides is 1. The predicted octanol–water partition coefficient (Wildman–Crippen LogP) is 3.96. The molecule has 9 heteroatoms. The number of anilines is 1. The molecule has 1 atom stereocenters. The first-order valence-electron chi connectivity index (χ1n) is 10.9. The number of nitrogens with one attached hydrogen (secondary N) is 1. The van der Waals surface area contributed by atoms with Crippen LogP contribution in [-0.4, -0.2) is 50.9 Å². The van der Waals surface area contributed by atoms with Gasteiger partial charge in [0.25, 0.3) is 0 Å². The second kappa shape index (κ2) is 9.59. The number of hydrogen-bond acceptors (Lipinski definition) is 4. The Morgan fingerprint density at radius 3 is 2.41 bits per heavy atom. The fraction of sp³-hybridized carbons (Fsp3) is 0.435. The fourth-order valence-corrected chi connectivity index (χ4v) is 7.10. The number of carbonyl (C=O) groups is 1. The summed E-state index contributed by atoms with van der Waals surface area (Å²) in [6.45, 7) is 4.15. The largest absolute Gasteiger partial charge is 0.366 e. The Morgan fingerprint density at radius 2 is 1.72 bits per heavy atom. The number of halogens is 2. The van der Waals surface area contributed by atoms with Crippen LogP contribution in [-0.2, 0) is 21.2 Å². The van der Waals surface area contributed by atoms with Crippen molar-refractivity contribution >= 4 is 44.8 Å². The molecule has 0 saturated carbocycles. The lowest BCUT2D eigenvalue weighted by atomic mass is 9.97. The van der Waals surface area contributed by atoms with Gasteiger partial charge in [0, 0.05) is 43.8 Å². The van der Waals surface area contributed by atoms with Gasteiger partial charge < -0.3 is 10.2 Å². The summed E-state index contributed by atoms with van der Waals surface area (Å²) in [6, 6.07) is 13.2. The average Bonchev–Trinajstić information content (AvgIpc) is 3.21. The monoisotopic (exact) mass is 495 g/mol. The van der Waals surface area contributed by atoms with Crippen LogP contribution in [0.2, 0.25) is 10.0 Å². The summed E-state index contributed by atoms with van der Waals surface area (Å²) < 4.78 is 27.4. The molecule has 0 unspecified atom stereocenters. The van der Waals surface area contributed by atoms with E-state index < -0.39 is 10.0 Å². The Balaban J connectivity index is 1.31. The van der Waals surface area contributed by atoms with E-state index in [0.717, 1.165) is 13.0 Å². The van der Waals surface area contributed by atoms with Crippen LogP contribution >= 0.6 is 23.2 Å². The first-order chi connectivity index (χ1) is 15.3. The number of hydrogen-bond donors (Lipinski definition) is 1. The van der Waals surface area contributed by atoms with Gasteiger partial charge in [-0.1, -0.05) is 47.5 Å². The summed E-state index contributed by atoms with van der Waals surface area (Å²) in [6.07, 6.45) is 1.96. The van der Waals surface area contributed by atoms with Gasteiger partial charge >= 0.3 is 0 Å². The molecule has 1 N–H and O–H groups in total. The molecule has 32 heavy (non-hydrogen) atoms. The number of benzene rings is 2. The molecule has 6 nitrogen and oxygen atoms in total. The normalized spacial score (nSPS) is 18.4. The second-order valence-electron chi connectivity index (χ2n) is 8.40. The highest BCUT2D eigenvalue weighted by atomic mass is 35.5. The minimum absolute atomic E-state index is 0.0165. The van der Waals surface area contributed by atoms with Crippen LogP contribution in [0.3, 0.4) is 0 Å². The van der Waals surface area contributed by atoms with Crippen molar-refractivity contribution in [3.63, 3.8) is 0 Å². The maximum atomic E-state index is 13.0. The smallest absolute Gasteiger partial charge is 0.246 e. The van der Waals surface area contributed by atoms with Crippen LogP contribution in [0.1, 0.15) is 25.3 Å². The third-order valence-corrected chi connectivity index (χ3v) is 9.22. The summed E-state index contributed by atoms with van der Waals surface area (Å²) >= 11 is 12.2. The van der Waals surface area contributed by atoms with Gasteiger partial charge in [0.15, 0.2) is 0 Å². The fourth-order valence-electron chi connectivity index (χ4n) is 4.54. The Kier molecular flexibility index (Phi) is 7.00. The number of carbonyl (C=O) groups excluding carboxylic acids is 1. The number of piperidine rings is 1. The molecule has 2 heterocycles. The molecule has 1 fully saturated rings. The lowest BCUT2D eigenvalue weighted by molar-refractivity contribution is -0.126. The van der Waals surface area contributed by atoms with Gasteiger partial charge in [0.2, 0.25) is 15.9 Å². The van der Waals surface area contributed by atoms with E-state index in [4.69, 9.17) is 23.2 Å². The summed E-state index contributed by atoms with van der Waals surface area (Å²) in [5.41, 5.74) is 2.59. The molecular weight excluding hydrogens is 469 g/mol. The van der Waals surface area contributed by atoms with Crippen molar-refractivity contribution in [1.29, 1.82) is 0 Å². The molecule has 0 radical (unpaired) electrons. The summed E-state index contributed by atoms with van der Waals surface area (Å²) in [7, 11) is -3.81. The number of para-hydroxylation sites is 1. The Morgan fingerprint density at radius 1 is 1.06 bits per heavy atom. The Labute approximate surface area is 199 Å². The second-order valence-corrected chi connectivity index (χ2v) is 11.1. The maximum Gasteiger partial charge on any atom is 0.246 e. The van der Waals surface area contributed by atoms with Crippen molar-refractivity contribution in [2.45, 2.75) is 37.1 Å². The zero-order chi connectivity index (χ0) is 22.9. The number of fused-ring (bicyclic) bond motifs is 1. The zero-order valence-electron chi connectivity index (χ0n) is 17.9. The Bertz CT molecular complexity index is 1080. The van der Waals surface area contributed by atoms with Crippen molar-refractivity contribution < 1.29 is 13.2 Å². The molecule has 0 aliphatic carbocycles. The van der Waals surface area contributed by atoms with Gasteiger partial charge in [0.1, 0.15) is 4.90 Å². The van der Waals surface area contributed by atoms with Gasteiger partial charge in [-0.05, 0) is 49.9 Å². The lowest BCUT2D eigenvalue weighted by Gasteiger charge is -2.32. The van der Waals surface area contributed by atoms with E-state index in [2.05, 4.69) is 35.3 Å². The molecule has 0 aromatic heterocycles. The molecule has 0 bridgehead atoms. The van der Waals surface area contributed by atoms with E-state index in [1.165, 1.54) is 27.7 Å². The van der Waals surface area contributed by atoms with Crippen molar-refractivity contribution in [3.8, 4) is 0 Å². The minimum atomic E-state index is -3.81. The van der Waals surface area contributed by atoms with Gasteiger partial charge in [-0.2, -0.15) is 4.31 Å². The molecule has 2 aliphatic heterocycles. The topological polar surface area (TPSA) is 69.7 Å². The van der Waals surface area contributed by atoms with Gasteiger partial charge in [-0.3, -0.25) is 4.79 Å². The highest BCUT2D eigenvalue weighted by Crippen LogP contribution is 2.33. The van der Waals surface area contributed by atoms with E-state index in [9.17, 15) is 13.2 Å². The quantitative estimate of drug-likeness (QED) is 0.658. The molecule has 1 amide bonds. The van der Waals surface area contributed by atoms with Crippen molar-refractivity contribution in [2.75, 3.05) is 31.1 Å². The van der Waals surface area contributed by atoms with Crippen LogP contribution < -0.4 is 10.2 Å². The van der Waals surface area contributed by atoms with E-state index >= 15 is 0 Å². The first kappa shape index (κ1) is 23.4. The summed E-state index contributed by atoms with van der Waals surface area (Å²) in [4.78, 5) is 15.0. The lowest BCUT2D eigenvalue weighted by Crippen LogP contribution is -2.46.